The lowest BCUT2D eigenvalue weighted by Crippen LogP contribution is -2.23. The molecule has 0 saturated heterocycles. The van der Waals surface area contributed by atoms with Crippen molar-refractivity contribution < 1.29 is 9.53 Å². The van der Waals surface area contributed by atoms with Gasteiger partial charge in [-0.3, -0.25) is 0 Å². The van der Waals surface area contributed by atoms with Crippen LogP contribution in [0, 0.1) is 0 Å². The van der Waals surface area contributed by atoms with Crippen LogP contribution in [0.1, 0.15) is 43.6 Å². The molecule has 0 saturated carbocycles. The summed E-state index contributed by atoms with van der Waals surface area (Å²) < 4.78 is 5.37. The van der Waals surface area contributed by atoms with E-state index in [9.17, 15) is 4.79 Å². The zero-order valence-corrected chi connectivity index (χ0v) is 11.3. The maximum Gasteiger partial charge on any atom is 0.338 e. The van der Waals surface area contributed by atoms with E-state index < -0.39 is 5.60 Å². The molecule has 96 valence electrons. The number of fused-ring (bicyclic) bond motifs is 1. The van der Waals surface area contributed by atoms with Crippen LogP contribution in [0.2, 0.25) is 0 Å². The minimum Gasteiger partial charge on any atom is -0.456 e. The fourth-order valence-corrected chi connectivity index (χ4v) is 1.93. The molecule has 0 unspecified atom stereocenters. The van der Waals surface area contributed by atoms with Crippen molar-refractivity contribution in [3.63, 3.8) is 0 Å². The van der Waals surface area contributed by atoms with Crippen molar-refractivity contribution in [2.45, 2.75) is 39.7 Å². The fourth-order valence-electron chi connectivity index (χ4n) is 1.93. The van der Waals surface area contributed by atoms with E-state index in [2.05, 4.69) is 11.9 Å². The Balaban J connectivity index is 2.37. The summed E-state index contributed by atoms with van der Waals surface area (Å²) in [6, 6.07) is 5.62. The van der Waals surface area contributed by atoms with Crippen LogP contribution in [0.4, 0.5) is 0 Å². The molecule has 0 aliphatic rings. The Kier molecular flexibility index (Phi) is 3.16. The summed E-state index contributed by atoms with van der Waals surface area (Å²) in [5.41, 5.74) is 2.42. The first-order valence-electron chi connectivity index (χ1n) is 6.24. The summed E-state index contributed by atoms with van der Waals surface area (Å²) in [5.74, 6) is -0.271. The lowest BCUT2D eigenvalue weighted by atomic mass is 10.1. The minimum absolute atomic E-state index is 0.271. The van der Waals surface area contributed by atoms with Crippen LogP contribution >= 0.6 is 0 Å². The highest BCUT2D eigenvalue weighted by molar-refractivity contribution is 5.95. The van der Waals surface area contributed by atoms with Crippen LogP contribution in [-0.2, 0) is 11.2 Å². The molecule has 1 heterocycles. The lowest BCUT2D eigenvalue weighted by Gasteiger charge is -2.19. The number of H-pyrrole nitrogens is 1. The van der Waals surface area contributed by atoms with Gasteiger partial charge in [-0.1, -0.05) is 6.92 Å². The van der Waals surface area contributed by atoms with Crippen LogP contribution in [0.25, 0.3) is 10.9 Å². The van der Waals surface area contributed by atoms with Crippen LogP contribution in [0.5, 0.6) is 0 Å². The van der Waals surface area contributed by atoms with Gasteiger partial charge < -0.3 is 9.72 Å². The Labute approximate surface area is 107 Å². The van der Waals surface area contributed by atoms with E-state index in [1.54, 1.807) is 6.07 Å². The number of hydrogen-bond donors (Lipinski definition) is 1. The van der Waals surface area contributed by atoms with E-state index in [-0.39, 0.29) is 5.97 Å². The Morgan fingerprint density at radius 1 is 1.33 bits per heavy atom. The molecule has 0 aliphatic carbocycles. The first-order chi connectivity index (χ1) is 8.40. The average Bonchev–Trinajstić information content (AvgIpc) is 2.68. The molecule has 1 N–H and O–H groups in total. The molecular weight excluding hydrogens is 226 g/mol. The van der Waals surface area contributed by atoms with E-state index in [0.29, 0.717) is 5.56 Å². The van der Waals surface area contributed by atoms with Gasteiger partial charge in [-0.05, 0) is 51.0 Å². The fraction of sp³-hybridized carbons (Fsp3) is 0.400. The third kappa shape index (κ3) is 2.55. The third-order valence-corrected chi connectivity index (χ3v) is 2.78. The molecule has 0 atom stereocenters. The highest BCUT2D eigenvalue weighted by Gasteiger charge is 2.18. The molecule has 0 bridgehead atoms. The van der Waals surface area contributed by atoms with Gasteiger partial charge in [-0.15, -0.1) is 0 Å². The Bertz CT molecular complexity index is 576. The molecule has 3 nitrogen and oxygen atoms in total. The maximum absolute atomic E-state index is 12.0. The molecule has 0 fully saturated rings. The molecule has 0 amide bonds. The Hall–Kier alpha value is -1.77. The van der Waals surface area contributed by atoms with Gasteiger partial charge in [-0.25, -0.2) is 4.79 Å². The van der Waals surface area contributed by atoms with Gasteiger partial charge in [0.25, 0.3) is 0 Å². The van der Waals surface area contributed by atoms with Crippen molar-refractivity contribution in [2.75, 3.05) is 0 Å². The van der Waals surface area contributed by atoms with Crippen molar-refractivity contribution in [3.8, 4) is 0 Å². The zero-order valence-electron chi connectivity index (χ0n) is 11.3. The minimum atomic E-state index is -0.461. The molecule has 1 aromatic heterocycles. The summed E-state index contributed by atoms with van der Waals surface area (Å²) in [6.45, 7) is 7.72. The van der Waals surface area contributed by atoms with Crippen LogP contribution < -0.4 is 0 Å². The van der Waals surface area contributed by atoms with Crippen molar-refractivity contribution in [1.29, 1.82) is 0 Å². The van der Waals surface area contributed by atoms with Gasteiger partial charge in [0, 0.05) is 17.1 Å². The number of hydrogen-bond acceptors (Lipinski definition) is 2. The summed E-state index contributed by atoms with van der Waals surface area (Å²) in [7, 11) is 0. The Morgan fingerprint density at radius 3 is 2.67 bits per heavy atom. The quantitative estimate of drug-likeness (QED) is 0.820. The number of nitrogens with one attached hydrogen (secondary N) is 1. The highest BCUT2D eigenvalue weighted by Crippen LogP contribution is 2.21. The van der Waals surface area contributed by atoms with Gasteiger partial charge in [0.15, 0.2) is 0 Å². The molecule has 0 radical (unpaired) electrons. The second-order valence-electron chi connectivity index (χ2n) is 5.43. The van der Waals surface area contributed by atoms with Crippen molar-refractivity contribution in [1.82, 2.24) is 4.98 Å². The maximum atomic E-state index is 12.0. The van der Waals surface area contributed by atoms with E-state index in [0.717, 1.165) is 17.3 Å². The number of carbonyl (C=O) groups excluding carboxylic acids is 1. The number of esters is 1. The molecule has 2 aromatic rings. The number of benzene rings is 1. The molecule has 0 aliphatic heterocycles. The number of aromatic nitrogens is 1. The van der Waals surface area contributed by atoms with Gasteiger partial charge in [0.2, 0.25) is 0 Å². The predicted molar refractivity (Wildman–Crippen MR) is 72.8 cm³/mol. The molecule has 2 rings (SSSR count). The number of rotatable bonds is 2. The molecule has 3 heteroatoms. The first-order valence-corrected chi connectivity index (χ1v) is 6.24. The molecule has 18 heavy (non-hydrogen) atoms. The van der Waals surface area contributed by atoms with Gasteiger partial charge in [0.05, 0.1) is 5.56 Å². The Morgan fingerprint density at radius 2 is 2.06 bits per heavy atom. The second-order valence-corrected chi connectivity index (χ2v) is 5.43. The van der Waals surface area contributed by atoms with E-state index in [1.807, 2.05) is 39.1 Å². The molecular formula is C15H19NO2. The number of ether oxygens (including phenoxy) is 1. The molecule has 1 aromatic carbocycles. The summed E-state index contributed by atoms with van der Waals surface area (Å²) in [6.07, 6.45) is 2.93. The lowest BCUT2D eigenvalue weighted by molar-refractivity contribution is 0.00697. The van der Waals surface area contributed by atoms with Gasteiger partial charge in [-0.2, -0.15) is 0 Å². The summed E-state index contributed by atoms with van der Waals surface area (Å²) >= 11 is 0. The predicted octanol–water partition coefficient (Wildman–Crippen LogP) is 3.69. The zero-order chi connectivity index (χ0) is 13.3. The van der Waals surface area contributed by atoms with E-state index in [4.69, 9.17) is 4.74 Å². The van der Waals surface area contributed by atoms with Crippen LogP contribution in [0.15, 0.2) is 24.4 Å². The third-order valence-electron chi connectivity index (χ3n) is 2.78. The topological polar surface area (TPSA) is 42.1 Å². The highest BCUT2D eigenvalue weighted by atomic mass is 16.6. The van der Waals surface area contributed by atoms with Crippen molar-refractivity contribution >= 4 is 16.9 Å². The smallest absolute Gasteiger partial charge is 0.338 e. The monoisotopic (exact) mass is 245 g/mol. The first kappa shape index (κ1) is 12.7. The van der Waals surface area contributed by atoms with Gasteiger partial charge >= 0.3 is 5.97 Å². The summed E-state index contributed by atoms with van der Waals surface area (Å²) in [4.78, 5) is 15.2. The second kappa shape index (κ2) is 4.48. The van der Waals surface area contributed by atoms with Crippen molar-refractivity contribution in [2.24, 2.45) is 0 Å². The number of aromatic amines is 1. The molecule has 0 spiro atoms. The summed E-state index contributed by atoms with van der Waals surface area (Å²) in [5, 5.41) is 1.10. The van der Waals surface area contributed by atoms with Crippen molar-refractivity contribution in [3.05, 3.63) is 35.5 Å². The average molecular weight is 245 g/mol. The van der Waals surface area contributed by atoms with Crippen LogP contribution in [0.3, 0.4) is 0 Å². The normalized spacial score (nSPS) is 11.8. The standard InChI is InChI=1S/C15H19NO2/c1-5-10-9-16-13-7-6-11(8-12(10)13)14(17)18-15(2,3)4/h6-9,16H,5H2,1-4H3. The largest absolute Gasteiger partial charge is 0.456 e. The van der Waals surface area contributed by atoms with E-state index in [1.165, 1.54) is 5.56 Å². The SMILES string of the molecule is CCc1c[nH]c2ccc(C(=O)OC(C)(C)C)cc12. The van der Waals surface area contributed by atoms with Crippen LogP contribution in [-0.4, -0.2) is 16.6 Å². The number of carbonyl (C=O) groups is 1. The number of aryl methyl sites for hydroxylation is 1. The van der Waals surface area contributed by atoms with E-state index >= 15 is 0 Å². The van der Waals surface area contributed by atoms with Gasteiger partial charge in [0.1, 0.15) is 5.60 Å².